The number of nitriles is 1. The summed E-state index contributed by atoms with van der Waals surface area (Å²) in [6.07, 6.45) is 6.31. The topological polar surface area (TPSA) is 97.0 Å². The van der Waals surface area contributed by atoms with Gasteiger partial charge in [0.2, 0.25) is 10.0 Å². The van der Waals surface area contributed by atoms with Gasteiger partial charge in [0.15, 0.2) is 0 Å². The van der Waals surface area contributed by atoms with Crippen LogP contribution in [0, 0.1) is 11.3 Å². The zero-order valence-electron chi connectivity index (χ0n) is 18.3. The first-order valence-electron chi connectivity index (χ1n) is 10.7. The Morgan fingerprint density at radius 2 is 1.97 bits per heavy atom. The number of aromatic nitrogens is 2. The Labute approximate surface area is 203 Å². The number of sulfonamides is 1. The lowest BCUT2D eigenvalue weighted by molar-refractivity contribution is 0.306. The number of hydrogen-bond acceptors (Lipinski definition) is 5. The van der Waals surface area contributed by atoms with Crippen molar-refractivity contribution in [2.75, 3.05) is 6.54 Å². The van der Waals surface area contributed by atoms with Gasteiger partial charge in [-0.25, -0.2) is 13.1 Å². The zero-order valence-corrected chi connectivity index (χ0v) is 19.9. The van der Waals surface area contributed by atoms with Gasteiger partial charge < -0.3 is 9.30 Å². The van der Waals surface area contributed by atoms with Gasteiger partial charge in [-0.1, -0.05) is 17.7 Å². The van der Waals surface area contributed by atoms with Crippen LogP contribution in [0.3, 0.4) is 0 Å². The van der Waals surface area contributed by atoms with Gasteiger partial charge in [0.25, 0.3) is 0 Å². The Hall–Kier alpha value is -3.38. The zero-order chi connectivity index (χ0) is 24.0. The molecule has 0 bridgehead atoms. The van der Waals surface area contributed by atoms with Crippen molar-refractivity contribution in [1.29, 1.82) is 5.26 Å². The van der Waals surface area contributed by atoms with Crippen molar-refractivity contribution in [2.24, 2.45) is 0 Å². The summed E-state index contributed by atoms with van der Waals surface area (Å²) in [5.41, 5.74) is 2.91. The average molecular weight is 495 g/mol. The Bertz CT molecular complexity index is 1410. The van der Waals surface area contributed by atoms with Crippen molar-refractivity contribution in [3.63, 3.8) is 0 Å². The molecule has 34 heavy (non-hydrogen) atoms. The molecule has 0 saturated heterocycles. The number of halogens is 1. The molecule has 0 aliphatic rings. The molecule has 0 spiro atoms. The van der Waals surface area contributed by atoms with E-state index in [4.69, 9.17) is 21.6 Å². The molecule has 0 atom stereocenters. The van der Waals surface area contributed by atoms with E-state index in [-0.39, 0.29) is 11.4 Å². The number of ether oxygens (including phenoxy) is 1. The van der Waals surface area contributed by atoms with Crippen LogP contribution in [0.15, 0.2) is 78.1 Å². The molecule has 4 rings (SSSR count). The van der Waals surface area contributed by atoms with E-state index in [1.165, 1.54) is 12.1 Å². The van der Waals surface area contributed by atoms with Crippen molar-refractivity contribution < 1.29 is 13.2 Å². The van der Waals surface area contributed by atoms with E-state index in [9.17, 15) is 8.42 Å². The van der Waals surface area contributed by atoms with Crippen molar-refractivity contribution in [1.82, 2.24) is 14.3 Å². The van der Waals surface area contributed by atoms with Crippen LogP contribution in [0.5, 0.6) is 5.75 Å². The average Bonchev–Trinajstić information content (AvgIpc) is 3.19. The summed E-state index contributed by atoms with van der Waals surface area (Å²) in [4.78, 5) is 4.27. The van der Waals surface area contributed by atoms with E-state index >= 15 is 0 Å². The first-order chi connectivity index (χ1) is 16.5. The minimum absolute atomic E-state index is 0.166. The van der Waals surface area contributed by atoms with Crippen molar-refractivity contribution in [3.8, 4) is 11.8 Å². The fraction of sp³-hybridized carbons (Fsp3) is 0.200. The SMILES string of the molecule is N#CCCn1cc(CCNS(=O)(=O)c2ccc(Cl)cc2)c2cc(OCc3cccnc3)ccc21. The summed E-state index contributed by atoms with van der Waals surface area (Å²) in [6.45, 7) is 1.17. The first-order valence-corrected chi connectivity index (χ1v) is 12.6. The highest BCUT2D eigenvalue weighted by Gasteiger charge is 2.15. The van der Waals surface area contributed by atoms with Crippen LogP contribution in [0.25, 0.3) is 10.9 Å². The van der Waals surface area contributed by atoms with Gasteiger partial charge in [-0.05, 0) is 60.5 Å². The molecule has 0 aliphatic heterocycles. The molecule has 0 amide bonds. The molecule has 0 fully saturated rings. The Morgan fingerprint density at radius 1 is 1.15 bits per heavy atom. The summed E-state index contributed by atoms with van der Waals surface area (Å²) < 4.78 is 35.8. The van der Waals surface area contributed by atoms with E-state index in [0.29, 0.717) is 36.8 Å². The summed E-state index contributed by atoms with van der Waals surface area (Å²) in [5, 5.41) is 10.5. The lowest BCUT2D eigenvalue weighted by Gasteiger charge is -2.08. The molecule has 4 aromatic rings. The standard InChI is InChI=1S/C25H23ClN4O3S/c26-21-4-7-23(8-5-21)34(31,32)29-13-10-20-17-30(14-2-11-27)25-9-6-22(15-24(20)25)33-18-19-3-1-12-28-16-19/h1,3-9,12,15-17,29H,2,10,13-14,18H2. The van der Waals surface area contributed by atoms with Crippen molar-refractivity contribution >= 4 is 32.5 Å². The molecule has 2 aromatic heterocycles. The lowest BCUT2D eigenvalue weighted by atomic mass is 10.1. The van der Waals surface area contributed by atoms with E-state index < -0.39 is 10.0 Å². The minimum atomic E-state index is -3.64. The fourth-order valence-electron chi connectivity index (χ4n) is 3.66. The summed E-state index contributed by atoms with van der Waals surface area (Å²) in [5.74, 6) is 0.706. The largest absolute Gasteiger partial charge is 0.489 e. The first kappa shape index (κ1) is 23.8. The van der Waals surface area contributed by atoms with E-state index in [1.807, 2.05) is 41.1 Å². The van der Waals surface area contributed by atoms with Crippen LogP contribution in [-0.4, -0.2) is 24.5 Å². The molecule has 7 nitrogen and oxygen atoms in total. The smallest absolute Gasteiger partial charge is 0.240 e. The maximum absolute atomic E-state index is 12.6. The van der Waals surface area contributed by atoms with Gasteiger partial charge in [-0.3, -0.25) is 4.98 Å². The monoisotopic (exact) mass is 494 g/mol. The predicted molar refractivity (Wildman–Crippen MR) is 131 cm³/mol. The molecule has 0 radical (unpaired) electrons. The highest BCUT2D eigenvalue weighted by molar-refractivity contribution is 7.89. The third kappa shape index (κ3) is 5.75. The number of fused-ring (bicyclic) bond motifs is 1. The van der Waals surface area contributed by atoms with E-state index in [0.717, 1.165) is 22.0 Å². The molecule has 174 valence electrons. The van der Waals surface area contributed by atoms with Crippen molar-refractivity contribution in [3.05, 3.63) is 89.3 Å². The Morgan fingerprint density at radius 3 is 2.71 bits per heavy atom. The molecule has 1 N–H and O–H groups in total. The molecule has 0 saturated carbocycles. The van der Waals surface area contributed by atoms with Crippen LogP contribution in [0.2, 0.25) is 5.02 Å². The predicted octanol–water partition coefficient (Wildman–Crippen LogP) is 4.70. The third-order valence-electron chi connectivity index (χ3n) is 5.34. The number of rotatable bonds is 10. The van der Waals surface area contributed by atoms with Gasteiger partial charge in [-0.2, -0.15) is 5.26 Å². The Kier molecular flexibility index (Phi) is 7.48. The summed E-state index contributed by atoms with van der Waals surface area (Å²) in [7, 11) is -3.64. The highest BCUT2D eigenvalue weighted by atomic mass is 35.5. The number of pyridine rings is 1. The maximum atomic E-state index is 12.6. The van der Waals surface area contributed by atoms with Gasteiger partial charge in [-0.15, -0.1) is 0 Å². The number of hydrogen-bond donors (Lipinski definition) is 1. The molecular weight excluding hydrogens is 472 g/mol. The van der Waals surface area contributed by atoms with Gasteiger partial charge in [0.1, 0.15) is 12.4 Å². The second-order valence-electron chi connectivity index (χ2n) is 7.69. The van der Waals surface area contributed by atoms with Crippen molar-refractivity contribution in [2.45, 2.75) is 30.9 Å². The number of aryl methyl sites for hydroxylation is 1. The quantitative estimate of drug-likeness (QED) is 0.344. The number of nitrogens with one attached hydrogen (secondary N) is 1. The van der Waals surface area contributed by atoms with E-state index in [1.54, 1.807) is 24.5 Å². The third-order valence-corrected chi connectivity index (χ3v) is 7.07. The lowest BCUT2D eigenvalue weighted by Crippen LogP contribution is -2.25. The summed E-state index contributed by atoms with van der Waals surface area (Å²) in [6, 6.07) is 17.8. The molecule has 0 unspecified atom stereocenters. The molecular formula is C25H23ClN4O3S. The number of benzene rings is 2. The van der Waals surface area contributed by atoms with Crippen LogP contribution < -0.4 is 9.46 Å². The van der Waals surface area contributed by atoms with Crippen LogP contribution >= 0.6 is 11.6 Å². The molecule has 0 aliphatic carbocycles. The maximum Gasteiger partial charge on any atom is 0.240 e. The second-order valence-corrected chi connectivity index (χ2v) is 9.89. The van der Waals surface area contributed by atoms with E-state index in [2.05, 4.69) is 15.8 Å². The molecule has 9 heteroatoms. The second kappa shape index (κ2) is 10.7. The van der Waals surface area contributed by atoms with Gasteiger partial charge in [0.05, 0.1) is 17.4 Å². The normalized spacial score (nSPS) is 11.4. The molecule has 2 aromatic carbocycles. The summed E-state index contributed by atoms with van der Waals surface area (Å²) >= 11 is 5.86. The molecule has 2 heterocycles. The van der Waals surface area contributed by atoms with Gasteiger partial charge >= 0.3 is 0 Å². The van der Waals surface area contributed by atoms with Crippen LogP contribution in [0.4, 0.5) is 0 Å². The van der Waals surface area contributed by atoms with Crippen LogP contribution in [0.1, 0.15) is 17.5 Å². The fourth-order valence-corrected chi connectivity index (χ4v) is 4.82. The highest BCUT2D eigenvalue weighted by Crippen LogP contribution is 2.27. The minimum Gasteiger partial charge on any atom is -0.489 e. The number of nitrogens with zero attached hydrogens (tertiary/aromatic N) is 3. The van der Waals surface area contributed by atoms with Gasteiger partial charge in [0, 0.05) is 53.2 Å². The Balaban J connectivity index is 1.52. The van der Waals surface area contributed by atoms with Crippen LogP contribution in [-0.2, 0) is 29.6 Å².